The van der Waals surface area contributed by atoms with Gasteiger partial charge in [-0.05, 0) is 76.2 Å². The zero-order valence-corrected chi connectivity index (χ0v) is 22.4. The normalized spacial score (nSPS) is 15.2. The third-order valence-corrected chi connectivity index (χ3v) is 6.50. The van der Waals surface area contributed by atoms with Crippen molar-refractivity contribution in [2.24, 2.45) is 0 Å². The van der Waals surface area contributed by atoms with E-state index in [-0.39, 0.29) is 17.4 Å². The van der Waals surface area contributed by atoms with Crippen LogP contribution in [0.3, 0.4) is 0 Å². The van der Waals surface area contributed by atoms with Gasteiger partial charge in [0.15, 0.2) is 0 Å². The molecule has 1 unspecified atom stereocenters. The molecule has 36 heavy (non-hydrogen) atoms. The average molecular weight is 487 g/mol. The fourth-order valence-electron chi connectivity index (χ4n) is 4.41. The number of nitrogens with one attached hydrogen (secondary N) is 3. The van der Waals surface area contributed by atoms with Gasteiger partial charge in [-0.1, -0.05) is 26.8 Å². The van der Waals surface area contributed by atoms with Crippen LogP contribution in [0.5, 0.6) is 0 Å². The minimum Gasteiger partial charge on any atom is -0.355 e. The van der Waals surface area contributed by atoms with Gasteiger partial charge in [0, 0.05) is 53.0 Å². The van der Waals surface area contributed by atoms with Crippen molar-refractivity contribution in [2.45, 2.75) is 65.0 Å². The summed E-state index contributed by atoms with van der Waals surface area (Å²) in [6.45, 7) is 10.3. The van der Waals surface area contributed by atoms with Crippen molar-refractivity contribution in [1.29, 1.82) is 0 Å². The van der Waals surface area contributed by atoms with E-state index in [1.165, 1.54) is 11.1 Å². The molecule has 0 fully saturated rings. The Morgan fingerprint density at radius 3 is 2.39 bits per heavy atom. The molecule has 0 radical (unpaired) electrons. The van der Waals surface area contributed by atoms with Gasteiger partial charge in [0.2, 0.25) is 0 Å². The quantitative estimate of drug-likeness (QED) is 0.413. The number of anilines is 4. The van der Waals surface area contributed by atoms with Crippen LogP contribution in [0, 0.1) is 0 Å². The molecule has 7 nitrogen and oxygen atoms in total. The fourth-order valence-corrected chi connectivity index (χ4v) is 4.41. The van der Waals surface area contributed by atoms with E-state index in [1.54, 1.807) is 12.4 Å². The first kappa shape index (κ1) is 25.6. The van der Waals surface area contributed by atoms with Gasteiger partial charge >= 0.3 is 0 Å². The molecule has 0 spiro atoms. The predicted octanol–water partition coefficient (Wildman–Crippen LogP) is 5.43. The van der Waals surface area contributed by atoms with E-state index < -0.39 is 0 Å². The number of rotatable bonds is 7. The van der Waals surface area contributed by atoms with Crippen molar-refractivity contribution in [2.75, 3.05) is 24.7 Å². The van der Waals surface area contributed by atoms with Crippen LogP contribution in [0.2, 0.25) is 0 Å². The molecule has 1 aromatic carbocycles. The van der Waals surface area contributed by atoms with E-state index in [0.29, 0.717) is 23.1 Å². The molecule has 7 heteroatoms. The highest BCUT2D eigenvalue weighted by atomic mass is 16.1. The zero-order valence-electron chi connectivity index (χ0n) is 22.4. The summed E-state index contributed by atoms with van der Waals surface area (Å²) in [6, 6.07) is 12.9. The van der Waals surface area contributed by atoms with Gasteiger partial charge in [-0.3, -0.25) is 9.78 Å². The number of benzene rings is 1. The minimum absolute atomic E-state index is 0.0222. The predicted molar refractivity (Wildman–Crippen MR) is 148 cm³/mol. The number of likely N-dealkylation sites (N-methyl/N-ethyl adjacent to an activating group) is 1. The van der Waals surface area contributed by atoms with Crippen molar-refractivity contribution >= 4 is 28.8 Å². The second-order valence-corrected chi connectivity index (χ2v) is 11.2. The van der Waals surface area contributed by atoms with Crippen molar-refractivity contribution in [1.82, 2.24) is 20.2 Å². The van der Waals surface area contributed by atoms with Gasteiger partial charge in [0.25, 0.3) is 5.91 Å². The molecule has 0 aliphatic heterocycles. The van der Waals surface area contributed by atoms with Crippen LogP contribution in [0.15, 0.2) is 48.8 Å². The van der Waals surface area contributed by atoms with Crippen LogP contribution in [0.4, 0.5) is 22.9 Å². The number of aromatic nitrogens is 2. The van der Waals surface area contributed by atoms with E-state index >= 15 is 0 Å². The van der Waals surface area contributed by atoms with Gasteiger partial charge in [-0.25, -0.2) is 4.98 Å². The van der Waals surface area contributed by atoms with Crippen molar-refractivity contribution in [3.63, 3.8) is 0 Å². The molecule has 1 amide bonds. The first-order chi connectivity index (χ1) is 17.0. The van der Waals surface area contributed by atoms with Crippen LogP contribution in [0.25, 0.3) is 0 Å². The van der Waals surface area contributed by atoms with Gasteiger partial charge in [0.1, 0.15) is 5.82 Å². The smallest absolute Gasteiger partial charge is 0.255 e. The molecule has 0 bridgehead atoms. The molecule has 2 heterocycles. The summed E-state index contributed by atoms with van der Waals surface area (Å²) in [5.41, 5.74) is 6.71. The second-order valence-electron chi connectivity index (χ2n) is 11.2. The van der Waals surface area contributed by atoms with Gasteiger partial charge in [-0.15, -0.1) is 0 Å². The van der Waals surface area contributed by atoms with Crippen LogP contribution in [-0.2, 0) is 18.3 Å². The number of hydrogen-bond donors (Lipinski definition) is 3. The molecule has 1 atom stereocenters. The Labute approximate surface area is 214 Å². The Hall–Kier alpha value is -3.45. The maximum Gasteiger partial charge on any atom is 0.255 e. The van der Waals surface area contributed by atoms with Gasteiger partial charge in [0.05, 0.1) is 11.3 Å². The van der Waals surface area contributed by atoms with E-state index in [1.807, 2.05) is 32.0 Å². The maximum atomic E-state index is 12.9. The lowest BCUT2D eigenvalue weighted by Gasteiger charge is -2.19. The molecule has 2 aromatic heterocycles. The summed E-state index contributed by atoms with van der Waals surface area (Å²) >= 11 is 0. The number of carbonyl (C=O) groups excluding carboxylic acids is 1. The number of amides is 1. The Bertz CT molecular complexity index is 1240. The number of hydrogen-bond acceptors (Lipinski definition) is 6. The lowest BCUT2D eigenvalue weighted by molar-refractivity contribution is 0.0943. The van der Waals surface area contributed by atoms with E-state index in [4.69, 9.17) is 0 Å². The summed E-state index contributed by atoms with van der Waals surface area (Å²) in [6.07, 6.45) is 5.55. The topological polar surface area (TPSA) is 82.2 Å². The highest BCUT2D eigenvalue weighted by Crippen LogP contribution is 2.30. The summed E-state index contributed by atoms with van der Waals surface area (Å²) in [5, 5.41) is 9.85. The summed E-state index contributed by atoms with van der Waals surface area (Å²) in [5.74, 6) is 0.509. The Kier molecular flexibility index (Phi) is 7.31. The Morgan fingerprint density at radius 1 is 0.972 bits per heavy atom. The molecular weight excluding hydrogens is 448 g/mol. The largest absolute Gasteiger partial charge is 0.355 e. The summed E-state index contributed by atoms with van der Waals surface area (Å²) < 4.78 is 0. The fraction of sp³-hybridized carbons (Fsp3) is 0.414. The maximum absolute atomic E-state index is 12.9. The number of pyridine rings is 2. The van der Waals surface area contributed by atoms with E-state index in [9.17, 15) is 4.79 Å². The third-order valence-electron chi connectivity index (χ3n) is 6.50. The first-order valence-electron chi connectivity index (χ1n) is 12.6. The Balaban J connectivity index is 1.63. The average Bonchev–Trinajstić information content (AvgIpc) is 3.22. The number of carbonyl (C=O) groups is 1. The number of fused-ring (bicyclic) bond motifs is 1. The summed E-state index contributed by atoms with van der Waals surface area (Å²) in [7, 11) is 4.27. The highest BCUT2D eigenvalue weighted by Gasteiger charge is 2.23. The first-order valence-corrected chi connectivity index (χ1v) is 12.6. The number of nitrogens with zero attached hydrogens (tertiary/aromatic N) is 3. The van der Waals surface area contributed by atoms with Crippen LogP contribution in [0.1, 0.15) is 61.8 Å². The van der Waals surface area contributed by atoms with Crippen molar-refractivity contribution < 1.29 is 4.79 Å². The van der Waals surface area contributed by atoms with E-state index in [0.717, 1.165) is 29.9 Å². The standard InChI is InChI=1S/C29H38N6O/c1-18(2)32-28(36)24-17-31-27(16-25(24)33-22-10-11-30-26(15-22)29(3,4)5)34-21-9-8-19-13-23(35(6)7)14-20(19)12-21/h8-12,15-18,23H,13-14H2,1-7H3,(H,32,36)(H2,30,31,33,34). The monoisotopic (exact) mass is 486 g/mol. The SMILES string of the molecule is CC(C)NC(=O)c1cnc(Nc2ccc3c(c2)CC(N(C)C)C3)cc1Nc1ccnc(C(C)(C)C)c1. The van der Waals surface area contributed by atoms with Crippen LogP contribution >= 0.6 is 0 Å². The highest BCUT2D eigenvalue weighted by molar-refractivity contribution is 6.00. The molecule has 0 saturated heterocycles. The summed E-state index contributed by atoms with van der Waals surface area (Å²) in [4.78, 5) is 24.3. The van der Waals surface area contributed by atoms with Crippen LogP contribution < -0.4 is 16.0 Å². The Morgan fingerprint density at radius 2 is 1.69 bits per heavy atom. The zero-order chi connectivity index (χ0) is 26.0. The van der Waals surface area contributed by atoms with E-state index in [2.05, 4.69) is 83.9 Å². The second kappa shape index (κ2) is 10.3. The molecule has 0 saturated carbocycles. The molecule has 3 aromatic rings. The molecule has 3 N–H and O–H groups in total. The molecular formula is C29H38N6O. The van der Waals surface area contributed by atoms with Crippen molar-refractivity contribution in [3.8, 4) is 0 Å². The third kappa shape index (κ3) is 6.02. The van der Waals surface area contributed by atoms with Gasteiger partial charge < -0.3 is 20.9 Å². The van der Waals surface area contributed by atoms with Gasteiger partial charge in [-0.2, -0.15) is 0 Å². The van der Waals surface area contributed by atoms with Crippen molar-refractivity contribution in [3.05, 3.63) is 71.2 Å². The molecule has 1 aliphatic rings. The molecule has 1 aliphatic carbocycles. The minimum atomic E-state index is -0.163. The molecule has 190 valence electrons. The van der Waals surface area contributed by atoms with Crippen LogP contribution in [-0.4, -0.2) is 47.0 Å². The lowest BCUT2D eigenvalue weighted by Crippen LogP contribution is -2.30. The lowest BCUT2D eigenvalue weighted by atomic mass is 9.91. The molecule has 4 rings (SSSR count).